The van der Waals surface area contributed by atoms with Crippen molar-refractivity contribution in [2.45, 2.75) is 13.0 Å². The molecule has 0 bridgehead atoms. The number of fused-ring (bicyclic) bond motifs is 1. The summed E-state index contributed by atoms with van der Waals surface area (Å²) in [5.74, 6) is 0. The fourth-order valence-electron chi connectivity index (χ4n) is 3.02. The van der Waals surface area contributed by atoms with Gasteiger partial charge in [-0.05, 0) is 12.5 Å². The molecule has 1 heterocycles. The molecule has 1 aromatic rings. The highest BCUT2D eigenvalue weighted by atomic mass is 35.5. The lowest BCUT2D eigenvalue weighted by molar-refractivity contribution is -0.384. The van der Waals surface area contributed by atoms with Gasteiger partial charge < -0.3 is 14.2 Å². The largest absolute Gasteiger partial charge is 0.382 e. The van der Waals surface area contributed by atoms with Gasteiger partial charge in [-0.25, -0.2) is 4.31 Å². The van der Waals surface area contributed by atoms with Crippen LogP contribution in [-0.4, -0.2) is 70.9 Å². The number of anilines is 1. The number of rotatable bonds is 13. The first kappa shape index (κ1) is 24.5. The summed E-state index contributed by atoms with van der Waals surface area (Å²) < 4.78 is 44.0. The maximum Gasteiger partial charge on any atom is 0.304 e. The topological polar surface area (TPSA) is 111 Å². The van der Waals surface area contributed by atoms with E-state index in [0.29, 0.717) is 45.0 Å². The Bertz CT molecular complexity index is 850. The molecule has 0 fully saturated rings. The molecule has 0 radical (unpaired) electrons. The van der Waals surface area contributed by atoms with Crippen molar-refractivity contribution in [1.29, 1.82) is 0 Å². The molecule has 30 heavy (non-hydrogen) atoms. The number of nitro benzene ring substituents is 1. The van der Waals surface area contributed by atoms with E-state index in [9.17, 15) is 18.5 Å². The second-order valence-corrected chi connectivity index (χ2v) is 8.71. The second kappa shape index (κ2) is 11.6. The average molecular weight is 464 g/mol. The van der Waals surface area contributed by atoms with Gasteiger partial charge in [0.2, 0.25) is 0 Å². The van der Waals surface area contributed by atoms with Crippen LogP contribution in [-0.2, 0) is 31.0 Å². The van der Waals surface area contributed by atoms with E-state index in [2.05, 4.69) is 6.58 Å². The van der Waals surface area contributed by atoms with Gasteiger partial charge in [0.25, 0.3) is 5.69 Å². The van der Waals surface area contributed by atoms with Gasteiger partial charge in [0.05, 0.1) is 37.9 Å². The Kier molecular flexibility index (Phi) is 9.46. The Morgan fingerprint density at radius 3 is 2.53 bits per heavy atom. The third-order valence-corrected chi connectivity index (χ3v) is 6.40. The molecule has 0 aromatic heterocycles. The van der Waals surface area contributed by atoms with Crippen molar-refractivity contribution in [3.63, 3.8) is 0 Å². The minimum atomic E-state index is -3.96. The molecule has 0 aliphatic carbocycles. The maximum atomic E-state index is 13.1. The number of hydrogen-bond acceptors (Lipinski definition) is 7. The van der Waals surface area contributed by atoms with E-state index in [1.165, 1.54) is 10.4 Å². The van der Waals surface area contributed by atoms with E-state index in [1.807, 2.05) is 0 Å². The highest BCUT2D eigenvalue weighted by Gasteiger charge is 2.40. The molecule has 0 saturated heterocycles. The Labute approximate surface area is 181 Å². The third kappa shape index (κ3) is 6.13. The van der Waals surface area contributed by atoms with Crippen LogP contribution in [0.15, 0.2) is 24.8 Å². The highest BCUT2D eigenvalue weighted by Crippen LogP contribution is 2.41. The van der Waals surface area contributed by atoms with E-state index < -0.39 is 15.1 Å². The number of ether oxygens (including phenoxy) is 3. The minimum Gasteiger partial charge on any atom is -0.382 e. The molecule has 0 unspecified atom stereocenters. The van der Waals surface area contributed by atoms with Crippen LogP contribution in [0.5, 0.6) is 0 Å². The first-order chi connectivity index (χ1) is 14.3. The predicted molar refractivity (Wildman–Crippen MR) is 113 cm³/mol. The average Bonchev–Trinajstić information content (AvgIpc) is 2.69. The fourth-order valence-corrected chi connectivity index (χ4v) is 4.93. The summed E-state index contributed by atoms with van der Waals surface area (Å²) in [4.78, 5) is 10.8. The Balaban J connectivity index is 2.05. The van der Waals surface area contributed by atoms with Crippen LogP contribution in [0, 0.1) is 10.1 Å². The Hall–Kier alpha value is -1.76. The van der Waals surface area contributed by atoms with Crippen LogP contribution in [0.25, 0.3) is 0 Å². The van der Waals surface area contributed by atoms with Gasteiger partial charge >= 0.3 is 10.2 Å². The Morgan fingerprint density at radius 1 is 1.23 bits per heavy atom. The van der Waals surface area contributed by atoms with E-state index in [4.69, 9.17) is 25.8 Å². The van der Waals surface area contributed by atoms with Crippen molar-refractivity contribution in [2.75, 3.05) is 57.5 Å². The van der Waals surface area contributed by atoms with Gasteiger partial charge in [0, 0.05) is 43.5 Å². The van der Waals surface area contributed by atoms with Crippen LogP contribution in [0.3, 0.4) is 0 Å². The van der Waals surface area contributed by atoms with Crippen LogP contribution in [0.1, 0.15) is 12.0 Å². The smallest absolute Gasteiger partial charge is 0.304 e. The summed E-state index contributed by atoms with van der Waals surface area (Å²) in [6, 6.07) is 2.71. The van der Waals surface area contributed by atoms with Crippen molar-refractivity contribution >= 4 is 33.2 Å². The normalized spacial score (nSPS) is 15.7. The monoisotopic (exact) mass is 463 g/mol. The lowest BCUT2D eigenvalue weighted by atomic mass is 10.1. The van der Waals surface area contributed by atoms with Crippen molar-refractivity contribution < 1.29 is 27.6 Å². The van der Waals surface area contributed by atoms with E-state index in [1.54, 1.807) is 13.2 Å². The SMILES string of the molecule is C=CCN1c2c(cc(Cl)cc2[N+](=O)[O-])CN(CCCOCCOCCOC)S1(=O)=O. The Morgan fingerprint density at radius 2 is 1.90 bits per heavy atom. The van der Waals surface area contributed by atoms with Crippen molar-refractivity contribution in [3.05, 3.63) is 45.5 Å². The lowest BCUT2D eigenvalue weighted by Crippen LogP contribution is -2.48. The van der Waals surface area contributed by atoms with E-state index >= 15 is 0 Å². The summed E-state index contributed by atoms with van der Waals surface area (Å²) in [5, 5.41) is 11.7. The van der Waals surface area contributed by atoms with Crippen LogP contribution < -0.4 is 4.31 Å². The standard InChI is InChI=1S/C18H26ClN3O7S/c1-3-5-21-18-15(12-16(19)13-17(18)22(23)24)14-20(30(21,25)26)6-4-7-28-10-11-29-9-8-27-2/h3,12-13H,1,4-11,14H2,2H3. The number of nitro groups is 1. The summed E-state index contributed by atoms with van der Waals surface area (Å²) in [6.07, 6.45) is 1.84. The molecule has 1 aliphatic rings. The molecule has 0 N–H and O–H groups in total. The van der Waals surface area contributed by atoms with E-state index in [-0.39, 0.29) is 36.0 Å². The molecular weight excluding hydrogens is 438 g/mol. The van der Waals surface area contributed by atoms with Crippen LogP contribution >= 0.6 is 11.6 Å². The van der Waals surface area contributed by atoms with Gasteiger partial charge in [-0.15, -0.1) is 6.58 Å². The molecule has 0 atom stereocenters. The van der Waals surface area contributed by atoms with Gasteiger partial charge in [0.15, 0.2) is 0 Å². The second-order valence-electron chi connectivity index (χ2n) is 6.42. The van der Waals surface area contributed by atoms with Gasteiger partial charge in [-0.2, -0.15) is 12.7 Å². The number of benzene rings is 1. The molecule has 10 nitrogen and oxygen atoms in total. The lowest BCUT2D eigenvalue weighted by Gasteiger charge is -2.36. The molecule has 0 spiro atoms. The van der Waals surface area contributed by atoms with Gasteiger partial charge in [0.1, 0.15) is 5.69 Å². The zero-order valence-corrected chi connectivity index (χ0v) is 18.4. The molecule has 1 aliphatic heterocycles. The summed E-state index contributed by atoms with van der Waals surface area (Å²) in [7, 11) is -2.37. The molecule has 0 saturated carbocycles. The predicted octanol–water partition coefficient (Wildman–Crippen LogP) is 2.37. The van der Waals surface area contributed by atoms with Crippen molar-refractivity contribution in [2.24, 2.45) is 0 Å². The molecule has 2 rings (SSSR count). The molecule has 1 aromatic carbocycles. The molecule has 0 amide bonds. The zero-order valence-electron chi connectivity index (χ0n) is 16.8. The molecule has 12 heteroatoms. The zero-order chi connectivity index (χ0) is 22.1. The number of halogens is 1. The minimum absolute atomic E-state index is 0.00710. The summed E-state index contributed by atoms with van der Waals surface area (Å²) in [6.45, 7) is 5.83. The fraction of sp³-hybridized carbons (Fsp3) is 0.556. The summed E-state index contributed by atoms with van der Waals surface area (Å²) in [5.41, 5.74) is 0.155. The van der Waals surface area contributed by atoms with Crippen molar-refractivity contribution in [3.8, 4) is 0 Å². The van der Waals surface area contributed by atoms with E-state index in [0.717, 1.165) is 10.4 Å². The van der Waals surface area contributed by atoms with Crippen LogP contribution in [0.4, 0.5) is 11.4 Å². The summed E-state index contributed by atoms with van der Waals surface area (Å²) >= 11 is 6.03. The highest BCUT2D eigenvalue weighted by molar-refractivity contribution is 7.90. The first-order valence-corrected chi connectivity index (χ1v) is 11.1. The number of hydrogen-bond donors (Lipinski definition) is 0. The first-order valence-electron chi connectivity index (χ1n) is 9.32. The molecular formula is C18H26ClN3O7S. The maximum absolute atomic E-state index is 13.1. The third-order valence-electron chi connectivity index (χ3n) is 4.33. The van der Waals surface area contributed by atoms with Gasteiger partial charge in [-0.1, -0.05) is 17.7 Å². The van der Waals surface area contributed by atoms with Gasteiger partial charge in [-0.3, -0.25) is 10.1 Å². The molecule has 168 valence electrons. The number of nitrogens with zero attached hydrogens (tertiary/aromatic N) is 3. The number of methoxy groups -OCH3 is 1. The van der Waals surface area contributed by atoms with Crippen molar-refractivity contribution in [1.82, 2.24) is 4.31 Å². The van der Waals surface area contributed by atoms with Crippen LogP contribution in [0.2, 0.25) is 5.02 Å². The quantitative estimate of drug-likeness (QED) is 0.191.